The van der Waals surface area contributed by atoms with Gasteiger partial charge in [-0.25, -0.2) is 5.43 Å². The second kappa shape index (κ2) is 10.1. The number of anilines is 3. The Morgan fingerprint density at radius 3 is 2.71 bits per heavy atom. The number of hydrazine groups is 1. The summed E-state index contributed by atoms with van der Waals surface area (Å²) in [7, 11) is 0. The highest BCUT2D eigenvalue weighted by Gasteiger charge is 2.19. The van der Waals surface area contributed by atoms with Gasteiger partial charge in [0.2, 0.25) is 5.95 Å². The monoisotopic (exact) mass is 461 g/mol. The lowest BCUT2D eigenvalue weighted by Crippen LogP contribution is -2.44. The Hall–Kier alpha value is -3.63. The number of aromatic nitrogens is 3. The van der Waals surface area contributed by atoms with Crippen molar-refractivity contribution in [3.05, 3.63) is 60.0 Å². The van der Waals surface area contributed by atoms with E-state index in [4.69, 9.17) is 14.5 Å². The molecular weight excluding hydrogens is 430 g/mol. The zero-order chi connectivity index (χ0) is 23.3. The van der Waals surface area contributed by atoms with Crippen LogP contribution in [0.25, 0.3) is 11.3 Å². The summed E-state index contributed by atoms with van der Waals surface area (Å²) in [5.74, 6) is 3.31. The number of benzene rings is 1. The third kappa shape index (κ3) is 5.29. The molecule has 1 aromatic carbocycles. The van der Waals surface area contributed by atoms with E-state index in [1.54, 1.807) is 0 Å². The Bertz CT molecular complexity index is 1120. The van der Waals surface area contributed by atoms with Crippen LogP contribution in [0.3, 0.4) is 0 Å². The van der Waals surface area contributed by atoms with Crippen molar-refractivity contribution < 1.29 is 4.52 Å². The van der Waals surface area contributed by atoms with Crippen molar-refractivity contribution >= 4 is 17.6 Å². The van der Waals surface area contributed by atoms with Gasteiger partial charge in [0, 0.05) is 49.6 Å². The molecule has 1 fully saturated rings. The van der Waals surface area contributed by atoms with Gasteiger partial charge < -0.3 is 30.8 Å². The van der Waals surface area contributed by atoms with Crippen molar-refractivity contribution in [2.75, 3.05) is 41.7 Å². The van der Waals surface area contributed by atoms with E-state index in [9.17, 15) is 0 Å². The maximum atomic E-state index is 5.53. The first-order valence-electron chi connectivity index (χ1n) is 11.7. The van der Waals surface area contributed by atoms with Gasteiger partial charge in [-0.05, 0) is 12.0 Å². The van der Waals surface area contributed by atoms with Gasteiger partial charge in [0.15, 0.2) is 5.76 Å². The van der Waals surface area contributed by atoms with Gasteiger partial charge in [-0.3, -0.25) is 0 Å². The Balaban J connectivity index is 1.32. The van der Waals surface area contributed by atoms with Crippen LogP contribution in [0.15, 0.2) is 58.8 Å². The first-order chi connectivity index (χ1) is 16.6. The van der Waals surface area contributed by atoms with E-state index in [1.807, 2.05) is 42.5 Å². The van der Waals surface area contributed by atoms with Crippen molar-refractivity contribution in [2.24, 2.45) is 5.92 Å². The summed E-state index contributed by atoms with van der Waals surface area (Å²) in [6, 6.07) is 13.9. The second-order valence-electron chi connectivity index (χ2n) is 8.74. The second-order valence-corrected chi connectivity index (χ2v) is 8.74. The van der Waals surface area contributed by atoms with Crippen molar-refractivity contribution in [1.29, 1.82) is 0 Å². The van der Waals surface area contributed by atoms with Gasteiger partial charge in [0.1, 0.15) is 23.5 Å². The molecule has 0 bridgehead atoms. The fourth-order valence-corrected chi connectivity index (χ4v) is 3.95. The standard InChI is InChI=1S/C24H31N9O/c1-16(2)19-13-22(31-30-19)27-21-14-23(33-10-8-25-9-11-33)29-24(28-21)26-15-18-12-20(32-34-18)17-6-4-3-5-7-17/h3-7,12-14,16,22,25,30-31H,8-11,15H2,1-2H3,(H2,26,27,28,29). The van der Waals surface area contributed by atoms with Gasteiger partial charge in [-0.2, -0.15) is 9.97 Å². The lowest BCUT2D eigenvalue weighted by molar-refractivity contribution is 0.390. The molecule has 10 nitrogen and oxygen atoms in total. The molecule has 0 aliphatic carbocycles. The molecular formula is C24H31N9O. The largest absolute Gasteiger partial charge is 0.359 e. The van der Waals surface area contributed by atoms with Crippen LogP contribution in [0.2, 0.25) is 0 Å². The molecule has 1 unspecified atom stereocenters. The van der Waals surface area contributed by atoms with Gasteiger partial charge in [0.05, 0.1) is 6.54 Å². The molecule has 0 spiro atoms. The third-order valence-electron chi connectivity index (χ3n) is 5.85. The number of allylic oxidation sites excluding steroid dienone is 1. The molecule has 2 aliphatic rings. The van der Waals surface area contributed by atoms with Crippen LogP contribution in [0.1, 0.15) is 19.6 Å². The van der Waals surface area contributed by atoms with Crippen LogP contribution >= 0.6 is 0 Å². The molecule has 1 saturated heterocycles. The molecule has 0 radical (unpaired) electrons. The number of nitrogens with zero attached hydrogens (tertiary/aromatic N) is 4. The van der Waals surface area contributed by atoms with E-state index in [0.29, 0.717) is 18.4 Å². The molecule has 2 aromatic heterocycles. The fraction of sp³-hybridized carbons (Fsp3) is 0.375. The topological polar surface area (TPSA) is 115 Å². The predicted molar refractivity (Wildman–Crippen MR) is 133 cm³/mol. The molecule has 1 atom stereocenters. The van der Waals surface area contributed by atoms with Gasteiger partial charge >= 0.3 is 0 Å². The number of hydrogen-bond donors (Lipinski definition) is 5. The van der Waals surface area contributed by atoms with E-state index < -0.39 is 0 Å². The Labute approximate surface area is 199 Å². The lowest BCUT2D eigenvalue weighted by atomic mass is 10.1. The van der Waals surface area contributed by atoms with E-state index >= 15 is 0 Å². The molecule has 4 heterocycles. The minimum absolute atomic E-state index is 0.0567. The van der Waals surface area contributed by atoms with E-state index in [2.05, 4.69) is 56.8 Å². The van der Waals surface area contributed by atoms with Gasteiger partial charge in [0.25, 0.3) is 0 Å². The molecule has 0 amide bonds. The van der Waals surface area contributed by atoms with Gasteiger partial charge in [-0.15, -0.1) is 0 Å². The van der Waals surface area contributed by atoms with Gasteiger partial charge in [-0.1, -0.05) is 49.3 Å². The molecule has 2 aliphatic heterocycles. The van der Waals surface area contributed by atoms with Crippen LogP contribution in [0.5, 0.6) is 0 Å². The number of piperazine rings is 1. The third-order valence-corrected chi connectivity index (χ3v) is 5.85. The van der Waals surface area contributed by atoms with Crippen molar-refractivity contribution in [1.82, 2.24) is 31.3 Å². The summed E-state index contributed by atoms with van der Waals surface area (Å²) in [4.78, 5) is 11.8. The molecule has 3 aromatic rings. The highest BCUT2D eigenvalue weighted by molar-refractivity contribution is 5.59. The summed E-state index contributed by atoms with van der Waals surface area (Å²) in [6.45, 7) is 8.42. The Morgan fingerprint density at radius 2 is 1.94 bits per heavy atom. The first-order valence-corrected chi connectivity index (χ1v) is 11.7. The average Bonchev–Trinajstić information content (AvgIpc) is 3.54. The molecule has 5 rings (SSSR count). The fourth-order valence-electron chi connectivity index (χ4n) is 3.95. The van der Waals surface area contributed by atoms with Crippen LogP contribution in [-0.2, 0) is 6.54 Å². The minimum atomic E-state index is -0.0567. The summed E-state index contributed by atoms with van der Waals surface area (Å²) in [5, 5.41) is 14.3. The first kappa shape index (κ1) is 22.2. The van der Waals surface area contributed by atoms with Crippen molar-refractivity contribution in [3.8, 4) is 11.3 Å². The SMILES string of the molecule is CC(C)C1=CC(Nc2cc(N3CCNCC3)nc(NCc3cc(-c4ccccc4)no3)n2)NN1. The summed E-state index contributed by atoms with van der Waals surface area (Å²) in [5.41, 5.74) is 9.47. The zero-order valence-corrected chi connectivity index (χ0v) is 19.5. The summed E-state index contributed by atoms with van der Waals surface area (Å²) in [6.07, 6.45) is 2.09. The average molecular weight is 462 g/mol. The van der Waals surface area contributed by atoms with E-state index in [0.717, 1.165) is 60.5 Å². The minimum Gasteiger partial charge on any atom is -0.359 e. The van der Waals surface area contributed by atoms with E-state index in [-0.39, 0.29) is 6.17 Å². The maximum absolute atomic E-state index is 5.53. The maximum Gasteiger partial charge on any atom is 0.226 e. The highest BCUT2D eigenvalue weighted by Crippen LogP contribution is 2.22. The quantitative estimate of drug-likeness (QED) is 0.343. The number of rotatable bonds is 8. The normalized spacial score (nSPS) is 18.0. The van der Waals surface area contributed by atoms with Crippen molar-refractivity contribution in [2.45, 2.75) is 26.6 Å². The van der Waals surface area contributed by atoms with E-state index in [1.165, 1.54) is 0 Å². The molecule has 10 heteroatoms. The number of hydrogen-bond acceptors (Lipinski definition) is 10. The van der Waals surface area contributed by atoms with Crippen LogP contribution in [0, 0.1) is 5.92 Å². The smallest absolute Gasteiger partial charge is 0.226 e. The Morgan fingerprint density at radius 1 is 1.12 bits per heavy atom. The van der Waals surface area contributed by atoms with Crippen LogP contribution < -0.4 is 31.7 Å². The number of nitrogens with one attached hydrogen (secondary N) is 5. The molecule has 5 N–H and O–H groups in total. The molecule has 178 valence electrons. The van der Waals surface area contributed by atoms with Crippen LogP contribution in [-0.4, -0.2) is 47.5 Å². The summed E-state index contributed by atoms with van der Waals surface area (Å²) < 4.78 is 5.53. The Kier molecular flexibility index (Phi) is 6.59. The van der Waals surface area contributed by atoms with Crippen LogP contribution in [0.4, 0.5) is 17.6 Å². The highest BCUT2D eigenvalue weighted by atomic mass is 16.5. The zero-order valence-electron chi connectivity index (χ0n) is 19.5. The molecule has 34 heavy (non-hydrogen) atoms. The van der Waals surface area contributed by atoms with Crippen molar-refractivity contribution in [3.63, 3.8) is 0 Å². The molecule has 0 saturated carbocycles. The predicted octanol–water partition coefficient (Wildman–Crippen LogP) is 2.54. The lowest BCUT2D eigenvalue weighted by Gasteiger charge is -2.29. The summed E-state index contributed by atoms with van der Waals surface area (Å²) >= 11 is 0.